The van der Waals surface area contributed by atoms with E-state index in [0.717, 1.165) is 0 Å². The molecule has 0 bridgehead atoms. The van der Waals surface area contributed by atoms with E-state index in [1.165, 1.54) is 0 Å². The second-order valence-corrected chi connectivity index (χ2v) is 5.88. The van der Waals surface area contributed by atoms with E-state index in [-0.39, 0.29) is 6.03 Å². The molecular weight excluding hydrogens is 348 g/mol. The van der Waals surface area contributed by atoms with Gasteiger partial charge in [-0.15, -0.1) is 0 Å². The first-order valence-corrected chi connectivity index (χ1v) is 8.77. The van der Waals surface area contributed by atoms with E-state index in [4.69, 9.17) is 4.74 Å². The second-order valence-electron chi connectivity index (χ2n) is 5.88. The molecule has 0 saturated carbocycles. The minimum Gasteiger partial charge on any atom is -0.450 e. The molecule has 3 rings (SSSR count). The number of amides is 3. The molecule has 142 valence electrons. The number of anilines is 3. The second kappa shape index (κ2) is 8.84. The van der Waals surface area contributed by atoms with Gasteiger partial charge in [-0.3, -0.25) is 5.32 Å². The summed E-state index contributed by atoms with van der Waals surface area (Å²) in [5, 5.41) is 5.47. The van der Waals surface area contributed by atoms with Crippen molar-refractivity contribution in [2.24, 2.45) is 0 Å². The summed E-state index contributed by atoms with van der Waals surface area (Å²) >= 11 is 0. The summed E-state index contributed by atoms with van der Waals surface area (Å²) in [5.74, 6) is 0.683. The standard InChI is InChI=1S/C18H22N6O3/c1-2-27-18(26)22-15-6-4-14(5-7-15)21-17(25)24-12-10-23(11-13-24)16-19-8-3-9-20-16/h3-9H,2,10-13H2,1H3,(H,21,25)(H,22,26). The molecule has 1 aliphatic heterocycles. The van der Waals surface area contributed by atoms with Crippen LogP contribution in [0.4, 0.5) is 26.9 Å². The average molecular weight is 370 g/mol. The van der Waals surface area contributed by atoms with E-state index < -0.39 is 6.09 Å². The topological polar surface area (TPSA) is 99.7 Å². The number of piperazine rings is 1. The number of benzene rings is 1. The van der Waals surface area contributed by atoms with Crippen molar-refractivity contribution in [2.75, 3.05) is 48.3 Å². The van der Waals surface area contributed by atoms with Crippen LogP contribution in [0.5, 0.6) is 0 Å². The van der Waals surface area contributed by atoms with E-state index in [0.29, 0.717) is 50.1 Å². The molecular formula is C18H22N6O3. The monoisotopic (exact) mass is 370 g/mol. The lowest BCUT2D eigenvalue weighted by atomic mass is 10.3. The number of hydrogen-bond donors (Lipinski definition) is 2. The molecule has 0 spiro atoms. The number of ether oxygens (including phenoxy) is 1. The smallest absolute Gasteiger partial charge is 0.411 e. The van der Waals surface area contributed by atoms with Crippen LogP contribution >= 0.6 is 0 Å². The van der Waals surface area contributed by atoms with Gasteiger partial charge < -0.3 is 19.9 Å². The van der Waals surface area contributed by atoms with Gasteiger partial charge in [0.15, 0.2) is 0 Å². The zero-order valence-corrected chi connectivity index (χ0v) is 15.1. The Morgan fingerprint density at radius 1 is 1.00 bits per heavy atom. The van der Waals surface area contributed by atoms with Gasteiger partial charge in [0.25, 0.3) is 0 Å². The lowest BCUT2D eigenvalue weighted by Gasteiger charge is -2.34. The quantitative estimate of drug-likeness (QED) is 0.857. The molecule has 0 unspecified atom stereocenters. The van der Waals surface area contributed by atoms with Crippen LogP contribution in [0.3, 0.4) is 0 Å². The summed E-state index contributed by atoms with van der Waals surface area (Å²) in [6.07, 6.45) is 2.92. The third-order valence-corrected chi connectivity index (χ3v) is 4.06. The molecule has 1 aliphatic rings. The Bertz CT molecular complexity index is 760. The molecule has 0 aliphatic carbocycles. The van der Waals surface area contributed by atoms with Crippen LogP contribution in [0, 0.1) is 0 Å². The summed E-state index contributed by atoms with van der Waals surface area (Å²) < 4.78 is 4.82. The molecule has 2 N–H and O–H groups in total. The fourth-order valence-corrected chi connectivity index (χ4v) is 2.69. The Balaban J connectivity index is 1.49. The Morgan fingerprint density at radius 2 is 1.59 bits per heavy atom. The van der Waals surface area contributed by atoms with Crippen molar-refractivity contribution >= 4 is 29.4 Å². The highest BCUT2D eigenvalue weighted by molar-refractivity contribution is 5.90. The molecule has 1 aromatic heterocycles. The molecule has 9 heteroatoms. The molecule has 1 saturated heterocycles. The van der Waals surface area contributed by atoms with E-state index in [2.05, 4.69) is 25.5 Å². The summed E-state index contributed by atoms with van der Waals surface area (Å²) in [4.78, 5) is 36.1. The van der Waals surface area contributed by atoms with E-state index >= 15 is 0 Å². The first kappa shape index (κ1) is 18.4. The van der Waals surface area contributed by atoms with Crippen LogP contribution in [0.15, 0.2) is 42.7 Å². The molecule has 1 aromatic carbocycles. The number of aromatic nitrogens is 2. The number of hydrogen-bond acceptors (Lipinski definition) is 6. The average Bonchev–Trinajstić information content (AvgIpc) is 2.70. The van der Waals surface area contributed by atoms with Gasteiger partial charge in [-0.1, -0.05) is 0 Å². The Kier molecular flexibility index (Phi) is 6.03. The summed E-state index contributed by atoms with van der Waals surface area (Å²) in [7, 11) is 0. The molecule has 2 heterocycles. The van der Waals surface area contributed by atoms with Crippen molar-refractivity contribution in [3.8, 4) is 0 Å². The van der Waals surface area contributed by atoms with Crippen LogP contribution in [-0.4, -0.2) is 59.8 Å². The number of carbonyl (C=O) groups excluding carboxylic acids is 2. The van der Waals surface area contributed by atoms with Crippen molar-refractivity contribution in [3.63, 3.8) is 0 Å². The third kappa shape index (κ3) is 5.06. The van der Waals surface area contributed by atoms with Crippen molar-refractivity contribution < 1.29 is 14.3 Å². The van der Waals surface area contributed by atoms with Crippen molar-refractivity contribution in [3.05, 3.63) is 42.7 Å². The number of carbonyl (C=O) groups is 2. The molecule has 3 amide bonds. The fraction of sp³-hybridized carbons (Fsp3) is 0.333. The highest BCUT2D eigenvalue weighted by atomic mass is 16.5. The van der Waals surface area contributed by atoms with Crippen LogP contribution in [0.25, 0.3) is 0 Å². The SMILES string of the molecule is CCOC(=O)Nc1ccc(NC(=O)N2CCN(c3ncccn3)CC2)cc1. The number of rotatable bonds is 4. The van der Waals surface area contributed by atoms with Gasteiger partial charge in [-0.05, 0) is 37.3 Å². The molecule has 2 aromatic rings. The van der Waals surface area contributed by atoms with E-state index in [1.807, 2.05) is 0 Å². The third-order valence-electron chi connectivity index (χ3n) is 4.06. The predicted octanol–water partition coefficient (Wildman–Crippen LogP) is 2.40. The number of urea groups is 1. The van der Waals surface area contributed by atoms with Gasteiger partial charge in [0.2, 0.25) is 5.95 Å². The largest absolute Gasteiger partial charge is 0.450 e. The normalized spacial score (nSPS) is 13.8. The minimum absolute atomic E-state index is 0.158. The Morgan fingerprint density at radius 3 is 2.19 bits per heavy atom. The van der Waals surface area contributed by atoms with E-state index in [9.17, 15) is 9.59 Å². The molecule has 27 heavy (non-hydrogen) atoms. The predicted molar refractivity (Wildman–Crippen MR) is 102 cm³/mol. The van der Waals surface area contributed by atoms with Crippen LogP contribution in [0.2, 0.25) is 0 Å². The van der Waals surface area contributed by atoms with Gasteiger partial charge in [0.1, 0.15) is 0 Å². The maximum Gasteiger partial charge on any atom is 0.411 e. The fourth-order valence-electron chi connectivity index (χ4n) is 2.69. The van der Waals surface area contributed by atoms with Gasteiger partial charge in [-0.25, -0.2) is 19.6 Å². The Labute approximate surface area is 157 Å². The minimum atomic E-state index is -0.505. The molecule has 1 fully saturated rings. The first-order valence-electron chi connectivity index (χ1n) is 8.77. The van der Waals surface area contributed by atoms with Crippen LogP contribution < -0.4 is 15.5 Å². The number of nitrogens with zero attached hydrogens (tertiary/aromatic N) is 4. The lowest BCUT2D eigenvalue weighted by molar-refractivity contribution is 0.168. The van der Waals surface area contributed by atoms with Crippen molar-refractivity contribution in [1.82, 2.24) is 14.9 Å². The van der Waals surface area contributed by atoms with Gasteiger partial charge >= 0.3 is 12.1 Å². The van der Waals surface area contributed by atoms with Gasteiger partial charge in [0, 0.05) is 49.9 Å². The summed E-state index contributed by atoms with van der Waals surface area (Å²) in [5.41, 5.74) is 1.26. The number of nitrogens with one attached hydrogen (secondary N) is 2. The van der Waals surface area contributed by atoms with Crippen LogP contribution in [-0.2, 0) is 4.74 Å². The van der Waals surface area contributed by atoms with Crippen LogP contribution in [0.1, 0.15) is 6.92 Å². The first-order chi connectivity index (χ1) is 13.2. The zero-order valence-electron chi connectivity index (χ0n) is 15.1. The highest BCUT2D eigenvalue weighted by Gasteiger charge is 2.22. The Hall–Kier alpha value is -3.36. The van der Waals surface area contributed by atoms with Gasteiger partial charge in [0.05, 0.1) is 6.61 Å². The maximum atomic E-state index is 12.4. The summed E-state index contributed by atoms with van der Waals surface area (Å²) in [6, 6.07) is 8.49. The van der Waals surface area contributed by atoms with E-state index in [1.54, 1.807) is 54.5 Å². The summed E-state index contributed by atoms with van der Waals surface area (Å²) in [6.45, 7) is 4.59. The molecule has 0 atom stereocenters. The van der Waals surface area contributed by atoms with Crippen molar-refractivity contribution in [1.29, 1.82) is 0 Å². The highest BCUT2D eigenvalue weighted by Crippen LogP contribution is 2.15. The lowest BCUT2D eigenvalue weighted by Crippen LogP contribution is -2.50. The van der Waals surface area contributed by atoms with Crippen molar-refractivity contribution in [2.45, 2.75) is 6.92 Å². The zero-order chi connectivity index (χ0) is 19.1. The molecule has 9 nitrogen and oxygen atoms in total. The van der Waals surface area contributed by atoms with Gasteiger partial charge in [-0.2, -0.15) is 0 Å². The molecule has 0 radical (unpaired) electrons. The maximum absolute atomic E-state index is 12.4.